The van der Waals surface area contributed by atoms with Crippen molar-refractivity contribution in [2.24, 2.45) is 11.0 Å². The third-order valence-corrected chi connectivity index (χ3v) is 3.01. The van der Waals surface area contributed by atoms with Gasteiger partial charge in [0.05, 0.1) is 5.71 Å². The predicted octanol–water partition coefficient (Wildman–Crippen LogP) is 2.98. The molecule has 1 amide bonds. The summed E-state index contributed by atoms with van der Waals surface area (Å²) in [6.45, 7) is 2.01. The number of halogens is 1. The van der Waals surface area contributed by atoms with Crippen molar-refractivity contribution in [1.82, 2.24) is 5.43 Å². The van der Waals surface area contributed by atoms with Crippen molar-refractivity contribution >= 4 is 23.2 Å². The van der Waals surface area contributed by atoms with E-state index in [9.17, 15) is 4.79 Å². The summed E-state index contributed by atoms with van der Waals surface area (Å²) in [6.07, 6.45) is 2.75. The average molecular weight is 251 g/mol. The number of nitrogens with zero attached hydrogens (tertiary/aromatic N) is 1. The lowest BCUT2D eigenvalue weighted by molar-refractivity contribution is -0.122. The molecule has 1 aliphatic carbocycles. The summed E-state index contributed by atoms with van der Waals surface area (Å²) in [7, 11) is 0. The second kappa shape index (κ2) is 5.32. The molecule has 1 fully saturated rings. The van der Waals surface area contributed by atoms with E-state index < -0.39 is 0 Å². The van der Waals surface area contributed by atoms with Gasteiger partial charge in [-0.25, -0.2) is 5.43 Å². The van der Waals surface area contributed by atoms with E-state index in [0.29, 0.717) is 5.02 Å². The van der Waals surface area contributed by atoms with Gasteiger partial charge in [0.1, 0.15) is 0 Å². The Morgan fingerprint density at radius 2 is 2.06 bits per heavy atom. The van der Waals surface area contributed by atoms with E-state index in [-0.39, 0.29) is 11.8 Å². The predicted molar refractivity (Wildman–Crippen MR) is 69.1 cm³/mol. The van der Waals surface area contributed by atoms with Gasteiger partial charge in [0.25, 0.3) is 0 Å². The minimum absolute atomic E-state index is 0.0323. The van der Waals surface area contributed by atoms with Crippen molar-refractivity contribution < 1.29 is 4.79 Å². The molecule has 0 heterocycles. The Bertz CT molecular complexity index is 435. The highest BCUT2D eigenvalue weighted by molar-refractivity contribution is 6.30. The van der Waals surface area contributed by atoms with Gasteiger partial charge in [0, 0.05) is 10.9 Å². The van der Waals surface area contributed by atoms with E-state index in [0.717, 1.165) is 30.5 Å². The number of hydrogen-bond donors (Lipinski definition) is 1. The monoisotopic (exact) mass is 250 g/mol. The molecule has 1 aromatic rings. The number of amides is 1. The van der Waals surface area contributed by atoms with Crippen molar-refractivity contribution in [2.45, 2.75) is 26.2 Å². The van der Waals surface area contributed by atoms with Crippen LogP contribution in [0.4, 0.5) is 0 Å². The normalized spacial score (nSPS) is 15.8. The van der Waals surface area contributed by atoms with Crippen molar-refractivity contribution in [3.8, 4) is 0 Å². The van der Waals surface area contributed by atoms with Gasteiger partial charge in [-0.2, -0.15) is 5.10 Å². The highest BCUT2D eigenvalue weighted by Crippen LogP contribution is 2.28. The third-order valence-electron chi connectivity index (χ3n) is 2.76. The Kier molecular flexibility index (Phi) is 3.79. The lowest BCUT2D eigenvalue weighted by Crippen LogP contribution is -2.21. The van der Waals surface area contributed by atoms with Crippen LogP contribution in [0.3, 0.4) is 0 Å². The molecule has 1 aliphatic rings. The van der Waals surface area contributed by atoms with Crippen molar-refractivity contribution in [3.63, 3.8) is 0 Å². The van der Waals surface area contributed by atoms with Gasteiger partial charge in [-0.3, -0.25) is 4.79 Å². The van der Waals surface area contributed by atoms with Crippen LogP contribution in [-0.2, 0) is 4.79 Å². The minimum Gasteiger partial charge on any atom is -0.273 e. The van der Waals surface area contributed by atoms with Gasteiger partial charge in [-0.1, -0.05) is 30.7 Å². The number of benzene rings is 1. The van der Waals surface area contributed by atoms with Gasteiger partial charge < -0.3 is 0 Å². The second-order valence-electron chi connectivity index (χ2n) is 4.17. The molecule has 1 aromatic carbocycles. The number of rotatable bonds is 4. The second-order valence-corrected chi connectivity index (χ2v) is 4.61. The molecule has 0 saturated heterocycles. The first kappa shape index (κ1) is 12.1. The molecule has 0 aliphatic heterocycles. The third kappa shape index (κ3) is 3.30. The number of carbonyl (C=O) groups is 1. The standard InChI is InChI=1S/C13H15ClN2O/c1-2-12(9-5-7-11(14)8-6-9)15-16-13(17)10-3-4-10/h5-8,10H,2-4H2,1H3,(H,16,17). The van der Waals surface area contributed by atoms with Crippen LogP contribution in [0, 0.1) is 5.92 Å². The van der Waals surface area contributed by atoms with E-state index in [1.165, 1.54) is 0 Å². The fraction of sp³-hybridized carbons (Fsp3) is 0.385. The van der Waals surface area contributed by atoms with Crippen LogP contribution in [0.5, 0.6) is 0 Å². The van der Waals surface area contributed by atoms with Gasteiger partial charge in [0.2, 0.25) is 5.91 Å². The number of hydrogen-bond acceptors (Lipinski definition) is 2. The molecule has 17 heavy (non-hydrogen) atoms. The molecule has 0 aromatic heterocycles. The minimum atomic E-state index is 0.0323. The Morgan fingerprint density at radius 1 is 1.41 bits per heavy atom. The summed E-state index contributed by atoms with van der Waals surface area (Å²) < 4.78 is 0. The summed E-state index contributed by atoms with van der Waals surface area (Å²) >= 11 is 5.83. The number of nitrogens with one attached hydrogen (secondary N) is 1. The van der Waals surface area contributed by atoms with E-state index in [2.05, 4.69) is 10.5 Å². The maximum Gasteiger partial charge on any atom is 0.243 e. The fourth-order valence-electron chi connectivity index (χ4n) is 1.55. The quantitative estimate of drug-likeness (QED) is 0.648. The molecule has 4 heteroatoms. The van der Waals surface area contributed by atoms with Crippen LogP contribution in [0.25, 0.3) is 0 Å². The largest absolute Gasteiger partial charge is 0.273 e. The molecule has 0 atom stereocenters. The van der Waals surface area contributed by atoms with Crippen LogP contribution in [0.1, 0.15) is 31.7 Å². The van der Waals surface area contributed by atoms with Crippen LogP contribution in [-0.4, -0.2) is 11.6 Å². The van der Waals surface area contributed by atoms with Crippen molar-refractivity contribution in [2.75, 3.05) is 0 Å². The van der Waals surface area contributed by atoms with Gasteiger partial charge >= 0.3 is 0 Å². The van der Waals surface area contributed by atoms with Gasteiger partial charge in [-0.05, 0) is 37.0 Å². The molecule has 3 nitrogen and oxygen atoms in total. The zero-order valence-corrected chi connectivity index (χ0v) is 10.5. The van der Waals surface area contributed by atoms with Gasteiger partial charge in [-0.15, -0.1) is 0 Å². The first-order valence-corrected chi connectivity index (χ1v) is 6.21. The molecule has 0 spiro atoms. The lowest BCUT2D eigenvalue weighted by atomic mass is 10.1. The number of carbonyl (C=O) groups excluding carboxylic acids is 1. The molecular weight excluding hydrogens is 236 g/mol. The first-order chi connectivity index (χ1) is 8.20. The van der Waals surface area contributed by atoms with Crippen molar-refractivity contribution in [3.05, 3.63) is 34.9 Å². The summed E-state index contributed by atoms with van der Waals surface area (Å²) in [5, 5.41) is 4.88. The molecule has 90 valence electrons. The molecule has 1 saturated carbocycles. The average Bonchev–Trinajstić information content (AvgIpc) is 3.16. The molecule has 0 bridgehead atoms. The summed E-state index contributed by atoms with van der Waals surface area (Å²) in [5.41, 5.74) is 4.49. The van der Waals surface area contributed by atoms with Crippen LogP contribution < -0.4 is 5.43 Å². The molecule has 0 unspecified atom stereocenters. The maximum atomic E-state index is 11.5. The van der Waals surface area contributed by atoms with Crippen LogP contribution in [0.15, 0.2) is 29.4 Å². The van der Waals surface area contributed by atoms with E-state index in [1.54, 1.807) is 0 Å². The highest BCUT2D eigenvalue weighted by atomic mass is 35.5. The zero-order valence-electron chi connectivity index (χ0n) is 9.74. The summed E-state index contributed by atoms with van der Waals surface area (Å²) in [5.74, 6) is 0.215. The zero-order chi connectivity index (χ0) is 12.3. The Labute approximate surface area is 106 Å². The fourth-order valence-corrected chi connectivity index (χ4v) is 1.68. The molecule has 2 rings (SSSR count). The van der Waals surface area contributed by atoms with Crippen LogP contribution >= 0.6 is 11.6 Å². The topological polar surface area (TPSA) is 41.5 Å². The molecule has 1 N–H and O–H groups in total. The van der Waals surface area contributed by atoms with E-state index in [1.807, 2.05) is 31.2 Å². The van der Waals surface area contributed by atoms with Gasteiger partial charge in [0.15, 0.2) is 0 Å². The van der Waals surface area contributed by atoms with Crippen molar-refractivity contribution in [1.29, 1.82) is 0 Å². The SMILES string of the molecule is CCC(=NNC(=O)C1CC1)c1ccc(Cl)cc1. The smallest absolute Gasteiger partial charge is 0.243 e. The first-order valence-electron chi connectivity index (χ1n) is 5.83. The number of hydrazone groups is 1. The molecule has 0 radical (unpaired) electrons. The summed E-state index contributed by atoms with van der Waals surface area (Å²) in [6, 6.07) is 7.47. The van der Waals surface area contributed by atoms with E-state index >= 15 is 0 Å². The maximum absolute atomic E-state index is 11.5. The Balaban J connectivity index is 2.06. The van der Waals surface area contributed by atoms with E-state index in [4.69, 9.17) is 11.6 Å². The Hall–Kier alpha value is -1.35. The Morgan fingerprint density at radius 3 is 2.59 bits per heavy atom. The van der Waals surface area contributed by atoms with Crippen LogP contribution in [0.2, 0.25) is 5.02 Å². The molecular formula is C13H15ClN2O. The summed E-state index contributed by atoms with van der Waals surface area (Å²) in [4.78, 5) is 11.5. The highest BCUT2D eigenvalue weighted by Gasteiger charge is 2.29. The lowest BCUT2D eigenvalue weighted by Gasteiger charge is -2.04.